The van der Waals surface area contributed by atoms with Crippen molar-refractivity contribution in [3.63, 3.8) is 0 Å². The summed E-state index contributed by atoms with van der Waals surface area (Å²) in [4.78, 5) is 11.9. The van der Waals surface area contributed by atoms with E-state index in [1.807, 2.05) is 25.1 Å². The molecule has 1 aliphatic carbocycles. The molecule has 1 fully saturated rings. The van der Waals surface area contributed by atoms with E-state index in [2.05, 4.69) is 15.9 Å². The van der Waals surface area contributed by atoms with Gasteiger partial charge in [0.05, 0.1) is 0 Å². The van der Waals surface area contributed by atoms with Crippen molar-refractivity contribution in [3.05, 3.63) is 33.8 Å². The topological polar surface area (TPSA) is 17.1 Å². The van der Waals surface area contributed by atoms with Gasteiger partial charge in [0.15, 0.2) is 5.78 Å². The molecule has 0 unspecified atom stereocenters. The Labute approximate surface area is 99.0 Å². The van der Waals surface area contributed by atoms with Gasteiger partial charge in [-0.15, -0.1) is 0 Å². The first-order chi connectivity index (χ1) is 7.15. The maximum atomic E-state index is 11.9. The zero-order valence-electron chi connectivity index (χ0n) is 8.92. The number of benzene rings is 1. The predicted molar refractivity (Wildman–Crippen MR) is 65.2 cm³/mol. The number of aryl methyl sites for hydroxylation is 1. The standard InChI is InChI=1S/C13H15BrO/c1-9-5-11(8-12(14)6-9)13(15)7-10-3-2-4-10/h5-6,8,10H,2-4,7H2,1H3. The summed E-state index contributed by atoms with van der Waals surface area (Å²) in [5.41, 5.74) is 2.00. The molecule has 0 atom stereocenters. The van der Waals surface area contributed by atoms with E-state index in [4.69, 9.17) is 0 Å². The molecule has 1 aliphatic rings. The Balaban J connectivity index is 2.10. The minimum Gasteiger partial charge on any atom is -0.294 e. The first-order valence-corrected chi connectivity index (χ1v) is 6.25. The zero-order chi connectivity index (χ0) is 10.8. The van der Waals surface area contributed by atoms with E-state index in [-0.39, 0.29) is 0 Å². The van der Waals surface area contributed by atoms with Crippen LogP contribution >= 0.6 is 15.9 Å². The maximum absolute atomic E-state index is 11.9. The molecular formula is C13H15BrO. The Kier molecular flexibility index (Phi) is 3.25. The van der Waals surface area contributed by atoms with Gasteiger partial charge in [0, 0.05) is 16.5 Å². The smallest absolute Gasteiger partial charge is 0.163 e. The summed E-state index contributed by atoms with van der Waals surface area (Å²) in [5.74, 6) is 0.945. The molecule has 1 aromatic rings. The van der Waals surface area contributed by atoms with Crippen LogP contribution in [0.1, 0.15) is 41.6 Å². The molecule has 0 bridgehead atoms. The minimum absolute atomic E-state index is 0.295. The normalized spacial score (nSPS) is 16.1. The van der Waals surface area contributed by atoms with Crippen LogP contribution in [0.3, 0.4) is 0 Å². The summed E-state index contributed by atoms with van der Waals surface area (Å²) in [7, 11) is 0. The monoisotopic (exact) mass is 266 g/mol. The molecule has 0 aliphatic heterocycles. The van der Waals surface area contributed by atoms with Crippen molar-refractivity contribution in [2.24, 2.45) is 5.92 Å². The molecule has 1 nitrogen and oxygen atoms in total. The summed E-state index contributed by atoms with van der Waals surface area (Å²) in [5, 5.41) is 0. The van der Waals surface area contributed by atoms with Gasteiger partial charge in [-0.25, -0.2) is 0 Å². The molecule has 1 aromatic carbocycles. The highest BCUT2D eigenvalue weighted by Crippen LogP contribution is 2.30. The van der Waals surface area contributed by atoms with Gasteiger partial charge in [-0.3, -0.25) is 4.79 Å². The van der Waals surface area contributed by atoms with Gasteiger partial charge in [-0.1, -0.05) is 35.2 Å². The van der Waals surface area contributed by atoms with Crippen molar-refractivity contribution in [2.75, 3.05) is 0 Å². The molecule has 0 aromatic heterocycles. The molecule has 0 amide bonds. The van der Waals surface area contributed by atoms with Crippen molar-refractivity contribution >= 4 is 21.7 Å². The average Bonchev–Trinajstić information content (AvgIpc) is 2.09. The second-order valence-corrected chi connectivity index (χ2v) is 5.36. The summed E-state index contributed by atoms with van der Waals surface area (Å²) in [6.45, 7) is 2.02. The molecule has 0 heterocycles. The first kappa shape index (κ1) is 10.9. The fourth-order valence-electron chi connectivity index (χ4n) is 1.97. The first-order valence-electron chi connectivity index (χ1n) is 5.45. The Morgan fingerprint density at radius 2 is 2.13 bits per heavy atom. The van der Waals surface area contributed by atoms with E-state index >= 15 is 0 Å². The summed E-state index contributed by atoms with van der Waals surface area (Å²) in [6, 6.07) is 5.93. The largest absolute Gasteiger partial charge is 0.294 e. The van der Waals surface area contributed by atoms with Crippen molar-refractivity contribution in [3.8, 4) is 0 Å². The fourth-order valence-corrected chi connectivity index (χ4v) is 2.58. The van der Waals surface area contributed by atoms with Gasteiger partial charge in [0.1, 0.15) is 0 Å². The van der Waals surface area contributed by atoms with Crippen LogP contribution in [0.25, 0.3) is 0 Å². The molecule has 80 valence electrons. The van der Waals surface area contributed by atoms with Gasteiger partial charge < -0.3 is 0 Å². The van der Waals surface area contributed by atoms with Crippen LogP contribution in [0.2, 0.25) is 0 Å². The van der Waals surface area contributed by atoms with Crippen molar-refractivity contribution in [2.45, 2.75) is 32.6 Å². The third kappa shape index (κ3) is 2.69. The number of Topliss-reactive ketones (excluding diaryl/α,β-unsaturated/α-hetero) is 1. The molecular weight excluding hydrogens is 252 g/mol. The van der Waals surface area contributed by atoms with Gasteiger partial charge in [-0.05, 0) is 36.6 Å². The molecule has 2 rings (SSSR count). The highest BCUT2D eigenvalue weighted by molar-refractivity contribution is 9.10. The van der Waals surface area contributed by atoms with Gasteiger partial charge >= 0.3 is 0 Å². The van der Waals surface area contributed by atoms with Crippen LogP contribution in [0.5, 0.6) is 0 Å². The van der Waals surface area contributed by atoms with Crippen LogP contribution in [-0.4, -0.2) is 5.78 Å². The molecule has 0 spiro atoms. The lowest BCUT2D eigenvalue weighted by Crippen LogP contribution is -2.16. The minimum atomic E-state index is 0.295. The summed E-state index contributed by atoms with van der Waals surface area (Å²) < 4.78 is 0.999. The third-order valence-electron chi connectivity index (χ3n) is 3.06. The lowest BCUT2D eigenvalue weighted by Gasteiger charge is -2.24. The zero-order valence-corrected chi connectivity index (χ0v) is 10.5. The van der Waals surface area contributed by atoms with Crippen LogP contribution in [0.4, 0.5) is 0 Å². The van der Waals surface area contributed by atoms with Gasteiger partial charge in [0.2, 0.25) is 0 Å². The van der Waals surface area contributed by atoms with E-state index in [1.54, 1.807) is 0 Å². The van der Waals surface area contributed by atoms with Crippen molar-refractivity contribution in [1.82, 2.24) is 0 Å². The molecule has 0 saturated heterocycles. The maximum Gasteiger partial charge on any atom is 0.163 e. The number of ketones is 1. The van der Waals surface area contributed by atoms with E-state index in [0.717, 1.165) is 22.0 Å². The lowest BCUT2D eigenvalue weighted by molar-refractivity contribution is 0.0936. The Bertz CT molecular complexity index is 360. The van der Waals surface area contributed by atoms with Gasteiger partial charge in [0.25, 0.3) is 0 Å². The highest BCUT2D eigenvalue weighted by atomic mass is 79.9. The Morgan fingerprint density at radius 3 is 2.67 bits per heavy atom. The number of carbonyl (C=O) groups excluding carboxylic acids is 1. The van der Waals surface area contributed by atoms with Crippen LogP contribution in [-0.2, 0) is 0 Å². The lowest BCUT2D eigenvalue weighted by atomic mass is 9.81. The fraction of sp³-hybridized carbons (Fsp3) is 0.462. The van der Waals surface area contributed by atoms with E-state index in [0.29, 0.717) is 11.7 Å². The Morgan fingerprint density at radius 1 is 1.40 bits per heavy atom. The summed E-state index contributed by atoms with van der Waals surface area (Å²) in [6.07, 6.45) is 4.50. The second-order valence-electron chi connectivity index (χ2n) is 4.44. The Hall–Kier alpha value is -0.630. The van der Waals surface area contributed by atoms with E-state index in [1.165, 1.54) is 19.3 Å². The number of halogens is 1. The third-order valence-corrected chi connectivity index (χ3v) is 3.52. The predicted octanol–water partition coefficient (Wildman–Crippen LogP) is 4.13. The number of carbonyl (C=O) groups is 1. The quantitative estimate of drug-likeness (QED) is 0.752. The number of rotatable bonds is 3. The van der Waals surface area contributed by atoms with Crippen LogP contribution < -0.4 is 0 Å². The second kappa shape index (κ2) is 4.48. The molecule has 0 radical (unpaired) electrons. The highest BCUT2D eigenvalue weighted by Gasteiger charge is 2.21. The number of hydrogen-bond acceptors (Lipinski definition) is 1. The summed E-state index contributed by atoms with van der Waals surface area (Å²) >= 11 is 3.43. The molecule has 15 heavy (non-hydrogen) atoms. The molecule has 0 N–H and O–H groups in total. The SMILES string of the molecule is Cc1cc(Br)cc(C(=O)CC2CCC2)c1. The van der Waals surface area contributed by atoms with Crippen LogP contribution in [0, 0.1) is 12.8 Å². The van der Waals surface area contributed by atoms with Gasteiger partial charge in [-0.2, -0.15) is 0 Å². The molecule has 1 saturated carbocycles. The van der Waals surface area contributed by atoms with E-state index < -0.39 is 0 Å². The average molecular weight is 267 g/mol. The van der Waals surface area contributed by atoms with E-state index in [9.17, 15) is 4.79 Å². The number of hydrogen-bond donors (Lipinski definition) is 0. The van der Waals surface area contributed by atoms with Crippen molar-refractivity contribution < 1.29 is 4.79 Å². The van der Waals surface area contributed by atoms with Crippen molar-refractivity contribution in [1.29, 1.82) is 0 Å². The van der Waals surface area contributed by atoms with Crippen LogP contribution in [0.15, 0.2) is 22.7 Å². The molecule has 2 heteroatoms.